The summed E-state index contributed by atoms with van der Waals surface area (Å²) in [4.78, 5) is 11.5. The highest BCUT2D eigenvalue weighted by Crippen LogP contribution is 2.38. The van der Waals surface area contributed by atoms with E-state index in [0.717, 1.165) is 37.8 Å². The highest BCUT2D eigenvalue weighted by Gasteiger charge is 2.31. The number of para-hydroxylation sites is 1. The molecule has 4 aromatic rings. The number of hydrogen-bond donors (Lipinski definition) is 2. The second-order valence-electron chi connectivity index (χ2n) is 10.9. The smallest absolute Gasteiger partial charge is 0.266 e. The van der Waals surface area contributed by atoms with Crippen LogP contribution in [0.2, 0.25) is 0 Å². The quantitative estimate of drug-likeness (QED) is 0.185. The molecule has 0 radical (unpaired) electrons. The first-order valence-electron chi connectivity index (χ1n) is 14.6. The lowest BCUT2D eigenvalue weighted by Crippen LogP contribution is -2.36. The fourth-order valence-electron chi connectivity index (χ4n) is 5.43. The summed E-state index contributed by atoms with van der Waals surface area (Å²) >= 11 is 0. The molecule has 11 nitrogen and oxygen atoms in total. The molecule has 1 fully saturated rings. The number of aryl methyl sites for hydroxylation is 1. The summed E-state index contributed by atoms with van der Waals surface area (Å²) in [7, 11) is -2.62. The van der Waals surface area contributed by atoms with E-state index in [1.165, 1.54) is 24.4 Å². The Kier molecular flexibility index (Phi) is 9.29. The van der Waals surface area contributed by atoms with Crippen molar-refractivity contribution in [2.45, 2.75) is 50.8 Å². The largest absolute Gasteiger partial charge is 0.497 e. The molecule has 44 heavy (non-hydrogen) atoms. The molecule has 0 saturated heterocycles. The van der Waals surface area contributed by atoms with E-state index in [-0.39, 0.29) is 28.2 Å². The number of anilines is 3. The Morgan fingerprint density at radius 2 is 1.75 bits per heavy atom. The molecule has 1 heterocycles. The molecule has 0 unspecified atom stereocenters. The van der Waals surface area contributed by atoms with E-state index in [2.05, 4.69) is 20.6 Å². The van der Waals surface area contributed by atoms with Crippen molar-refractivity contribution in [1.82, 2.24) is 9.78 Å². The fraction of sp³-hybridized carbons (Fsp3) is 0.312. The molecule has 5 rings (SSSR count). The van der Waals surface area contributed by atoms with Gasteiger partial charge >= 0.3 is 0 Å². The standard InChI is InChI=1S/C32H37N7O4S/c1-22-31(32(33)39(37-22)27-12-8-5-9-13-27)36-35-29-20-28(43-3)18-19-30(29)44(41,42)38(21-24-10-6-4-7-11-24)26-16-14-25(15-17-26)34-23(2)40/h5,8-9,12-20,24H,4,6-7,10-11,21,33H2,1-3H3,(H,34,40)/b36-35+. The number of nitrogens with zero attached hydrogens (tertiary/aromatic N) is 5. The Hall–Kier alpha value is -4.71. The zero-order valence-corrected chi connectivity index (χ0v) is 25.9. The predicted octanol–water partition coefficient (Wildman–Crippen LogP) is 6.92. The van der Waals surface area contributed by atoms with Gasteiger partial charge in [-0.15, -0.1) is 10.2 Å². The van der Waals surface area contributed by atoms with Crippen molar-refractivity contribution in [2.24, 2.45) is 16.1 Å². The van der Waals surface area contributed by atoms with Crippen LogP contribution < -0.4 is 20.1 Å². The second kappa shape index (κ2) is 13.3. The van der Waals surface area contributed by atoms with E-state index >= 15 is 0 Å². The molecule has 0 atom stereocenters. The van der Waals surface area contributed by atoms with Gasteiger partial charge < -0.3 is 15.8 Å². The Morgan fingerprint density at radius 1 is 1.05 bits per heavy atom. The maximum Gasteiger partial charge on any atom is 0.266 e. The number of methoxy groups -OCH3 is 1. The number of nitrogen functional groups attached to an aromatic ring is 1. The van der Waals surface area contributed by atoms with E-state index in [0.29, 0.717) is 35.1 Å². The van der Waals surface area contributed by atoms with E-state index in [1.54, 1.807) is 48.0 Å². The lowest BCUT2D eigenvalue weighted by molar-refractivity contribution is -0.114. The SMILES string of the molecule is COc1ccc(S(=O)(=O)N(CC2CCCCC2)c2ccc(NC(C)=O)cc2)c(/N=N/c2c(C)nn(-c3ccccc3)c2N)c1. The summed E-state index contributed by atoms with van der Waals surface area (Å²) < 4.78 is 37.4. The zero-order chi connectivity index (χ0) is 31.3. The minimum Gasteiger partial charge on any atom is -0.497 e. The summed E-state index contributed by atoms with van der Waals surface area (Å²) in [6, 6.07) is 20.9. The molecule has 3 aromatic carbocycles. The molecule has 3 N–H and O–H groups in total. The van der Waals surface area contributed by atoms with Crippen LogP contribution in [0.25, 0.3) is 5.69 Å². The highest BCUT2D eigenvalue weighted by molar-refractivity contribution is 7.93. The van der Waals surface area contributed by atoms with Crippen LogP contribution in [0.5, 0.6) is 5.75 Å². The van der Waals surface area contributed by atoms with Crippen LogP contribution in [0.15, 0.2) is 87.9 Å². The Bertz CT molecular complexity index is 1750. The van der Waals surface area contributed by atoms with Gasteiger partial charge in [0.15, 0.2) is 11.5 Å². The first-order chi connectivity index (χ1) is 21.2. The first kappa shape index (κ1) is 30.7. The summed E-state index contributed by atoms with van der Waals surface area (Å²) in [5.41, 5.74) is 9.25. The molecule has 1 aliphatic carbocycles. The number of nitrogens with two attached hydrogens (primary N) is 1. The van der Waals surface area contributed by atoms with E-state index < -0.39 is 10.0 Å². The molecule has 0 spiro atoms. The second-order valence-corrected chi connectivity index (χ2v) is 12.7. The van der Waals surface area contributed by atoms with Crippen LogP contribution in [-0.4, -0.2) is 37.8 Å². The Balaban J connectivity index is 1.55. The molecular formula is C32H37N7O4S. The van der Waals surface area contributed by atoms with Crippen molar-refractivity contribution in [3.05, 3.63) is 78.5 Å². The molecule has 0 bridgehead atoms. The van der Waals surface area contributed by atoms with Crippen molar-refractivity contribution >= 4 is 44.5 Å². The topological polar surface area (TPSA) is 144 Å². The molecule has 1 aromatic heterocycles. The maximum atomic E-state index is 14.5. The van der Waals surface area contributed by atoms with Gasteiger partial charge in [-0.1, -0.05) is 37.5 Å². The van der Waals surface area contributed by atoms with E-state index in [9.17, 15) is 13.2 Å². The normalized spacial score (nSPS) is 14.1. The van der Waals surface area contributed by atoms with Crippen LogP contribution in [-0.2, 0) is 14.8 Å². The van der Waals surface area contributed by atoms with Gasteiger partial charge in [-0.25, -0.2) is 13.1 Å². The van der Waals surface area contributed by atoms with Crippen LogP contribution in [0.4, 0.5) is 28.6 Å². The van der Waals surface area contributed by atoms with Gasteiger partial charge in [0, 0.05) is 25.2 Å². The lowest BCUT2D eigenvalue weighted by atomic mass is 9.89. The van der Waals surface area contributed by atoms with Gasteiger partial charge in [-0.2, -0.15) is 5.10 Å². The zero-order valence-electron chi connectivity index (χ0n) is 25.1. The molecule has 230 valence electrons. The Labute approximate surface area is 257 Å². The van der Waals surface area contributed by atoms with Gasteiger partial charge in [-0.05, 0) is 74.2 Å². The number of sulfonamides is 1. The number of hydrogen-bond acceptors (Lipinski definition) is 8. The maximum absolute atomic E-state index is 14.5. The molecular weight excluding hydrogens is 578 g/mol. The average Bonchev–Trinajstić information content (AvgIpc) is 3.32. The number of azo groups is 1. The average molecular weight is 616 g/mol. The summed E-state index contributed by atoms with van der Waals surface area (Å²) in [6.07, 6.45) is 5.20. The van der Waals surface area contributed by atoms with Gasteiger partial charge in [-0.3, -0.25) is 9.10 Å². The third kappa shape index (κ3) is 6.75. The van der Waals surface area contributed by atoms with Crippen molar-refractivity contribution in [2.75, 3.05) is 29.0 Å². The predicted molar refractivity (Wildman–Crippen MR) is 172 cm³/mol. The third-order valence-electron chi connectivity index (χ3n) is 7.68. The molecule has 1 saturated carbocycles. The lowest BCUT2D eigenvalue weighted by Gasteiger charge is -2.31. The fourth-order valence-corrected chi connectivity index (χ4v) is 7.08. The van der Waals surface area contributed by atoms with Crippen molar-refractivity contribution in [3.63, 3.8) is 0 Å². The summed E-state index contributed by atoms with van der Waals surface area (Å²) in [5, 5.41) is 16.1. The number of benzene rings is 3. The van der Waals surface area contributed by atoms with Crippen LogP contribution in [0.3, 0.4) is 0 Å². The third-order valence-corrected chi connectivity index (χ3v) is 9.52. The van der Waals surface area contributed by atoms with Crippen LogP contribution >= 0.6 is 0 Å². The minimum absolute atomic E-state index is 0.0181. The number of carbonyl (C=O) groups is 1. The highest BCUT2D eigenvalue weighted by atomic mass is 32.2. The van der Waals surface area contributed by atoms with Crippen molar-refractivity contribution < 1.29 is 17.9 Å². The number of rotatable bonds is 10. The van der Waals surface area contributed by atoms with Crippen LogP contribution in [0.1, 0.15) is 44.7 Å². The summed E-state index contributed by atoms with van der Waals surface area (Å²) in [5.74, 6) is 0.718. The summed E-state index contributed by atoms with van der Waals surface area (Å²) in [6.45, 7) is 3.51. The Morgan fingerprint density at radius 3 is 2.41 bits per heavy atom. The molecule has 12 heteroatoms. The monoisotopic (exact) mass is 615 g/mol. The number of aromatic nitrogens is 2. The van der Waals surface area contributed by atoms with Gasteiger partial charge in [0.1, 0.15) is 16.3 Å². The van der Waals surface area contributed by atoms with Gasteiger partial charge in [0.05, 0.1) is 24.2 Å². The van der Waals surface area contributed by atoms with Crippen molar-refractivity contribution in [3.8, 4) is 11.4 Å². The molecule has 1 amide bonds. The van der Waals surface area contributed by atoms with Crippen LogP contribution in [0, 0.1) is 12.8 Å². The van der Waals surface area contributed by atoms with Gasteiger partial charge in [0.2, 0.25) is 5.91 Å². The van der Waals surface area contributed by atoms with Gasteiger partial charge in [0.25, 0.3) is 10.0 Å². The van der Waals surface area contributed by atoms with E-state index in [4.69, 9.17) is 10.5 Å². The first-order valence-corrected chi connectivity index (χ1v) is 16.0. The van der Waals surface area contributed by atoms with Crippen molar-refractivity contribution in [1.29, 1.82) is 0 Å². The van der Waals surface area contributed by atoms with E-state index in [1.807, 2.05) is 30.3 Å². The molecule has 1 aliphatic rings. The minimum atomic E-state index is -4.12. The molecule has 0 aliphatic heterocycles. The number of ether oxygens (including phenoxy) is 1. The number of nitrogens with one attached hydrogen (secondary N) is 1. The number of amides is 1. The number of carbonyl (C=O) groups excluding carboxylic acids is 1.